The molecular weight excluding hydrogens is 510 g/mol. The van der Waals surface area contributed by atoms with Gasteiger partial charge in [-0.3, -0.25) is 9.69 Å². The first kappa shape index (κ1) is 26.4. The monoisotopic (exact) mass is 547 g/mol. The first-order chi connectivity index (χ1) is 19.6. The molecule has 0 N–H and O–H groups in total. The average molecular weight is 548 g/mol. The average Bonchev–Trinajstić information content (AvgIpc) is 3.44. The highest BCUT2D eigenvalue weighted by Gasteiger charge is 2.39. The van der Waals surface area contributed by atoms with Crippen LogP contribution in [-0.2, 0) is 19.7 Å². The second-order valence-electron chi connectivity index (χ2n) is 11.0. The lowest BCUT2D eigenvalue weighted by atomic mass is 9.71. The molecule has 10 heteroatoms. The topological polar surface area (TPSA) is 91.2 Å². The van der Waals surface area contributed by atoms with Crippen LogP contribution in [-0.4, -0.2) is 77.7 Å². The Morgan fingerprint density at radius 1 is 0.925 bits per heavy atom. The number of amides is 1. The molecule has 8 rings (SSSR count). The number of benzene rings is 2. The Labute approximate surface area is 234 Å². The molecule has 6 heterocycles. The van der Waals surface area contributed by atoms with Crippen molar-refractivity contribution in [3.63, 3.8) is 0 Å². The zero-order valence-corrected chi connectivity index (χ0v) is 23.3. The number of methoxy groups -OCH3 is 2. The zero-order valence-electron chi connectivity index (χ0n) is 23.3. The third kappa shape index (κ3) is 5.45. The van der Waals surface area contributed by atoms with Gasteiger partial charge in [0.1, 0.15) is 30.4 Å². The molecule has 0 unspecified atom stereocenters. The molecule has 0 atom stereocenters. The number of nitrogens with zero attached hydrogens (tertiary/aromatic N) is 5. The fourth-order valence-corrected chi connectivity index (χ4v) is 6.13. The molecule has 5 bridgehead atoms. The van der Waals surface area contributed by atoms with Crippen LogP contribution in [0.5, 0.6) is 23.0 Å². The largest absolute Gasteiger partial charge is 0.497 e. The van der Waals surface area contributed by atoms with E-state index in [4.69, 9.17) is 18.9 Å². The lowest BCUT2D eigenvalue weighted by Crippen LogP contribution is -2.48. The number of piperidine rings is 2. The summed E-state index contributed by atoms with van der Waals surface area (Å²) in [6.45, 7) is 5.45. The number of aromatic nitrogens is 3. The molecule has 40 heavy (non-hydrogen) atoms. The molecule has 2 aromatic carbocycles. The lowest BCUT2D eigenvalue weighted by Gasteiger charge is -2.47. The molecule has 1 spiro atoms. The van der Waals surface area contributed by atoms with Gasteiger partial charge in [0.2, 0.25) is 0 Å². The fraction of sp³-hybridized carbons (Fsp3) is 0.500. The highest BCUT2D eigenvalue weighted by molar-refractivity contribution is 5.97. The van der Waals surface area contributed by atoms with Gasteiger partial charge in [-0.25, -0.2) is 4.68 Å². The van der Waals surface area contributed by atoms with E-state index >= 15 is 0 Å². The van der Waals surface area contributed by atoms with Crippen LogP contribution in [0, 0.1) is 5.41 Å². The Bertz CT molecular complexity index is 1340. The van der Waals surface area contributed by atoms with Gasteiger partial charge in [-0.05, 0) is 62.4 Å². The lowest BCUT2D eigenvalue weighted by molar-refractivity contribution is 0.0281. The number of hydrogen-bond donors (Lipinski definition) is 0. The standard InChI is InChI=1S/C30H37N5O5/c1-37-24-6-7-25-27(18-24)39-17-16-35-20-23(31-32-35)21-40-28-22(4-3-5-26(28)38-2)19-33-12-8-30(9-13-33)10-14-34(15-11-30)29(25)36/h3-7,18,20H,8-17,19,21H2,1-2H3. The van der Waals surface area contributed by atoms with Crippen molar-refractivity contribution >= 4 is 5.91 Å². The van der Waals surface area contributed by atoms with Crippen molar-refractivity contribution in [3.05, 3.63) is 59.4 Å². The number of carbonyl (C=O) groups is 1. The minimum Gasteiger partial charge on any atom is -0.497 e. The van der Waals surface area contributed by atoms with Crippen molar-refractivity contribution < 1.29 is 23.7 Å². The molecular formula is C30H37N5O5. The number of hydrogen-bond acceptors (Lipinski definition) is 8. The zero-order chi connectivity index (χ0) is 27.5. The van der Waals surface area contributed by atoms with Gasteiger partial charge in [0.15, 0.2) is 11.5 Å². The quantitative estimate of drug-likeness (QED) is 0.479. The van der Waals surface area contributed by atoms with Gasteiger partial charge in [-0.1, -0.05) is 17.3 Å². The smallest absolute Gasteiger partial charge is 0.257 e. The molecule has 5 aliphatic rings. The molecule has 5 aliphatic heterocycles. The maximum Gasteiger partial charge on any atom is 0.257 e. The van der Waals surface area contributed by atoms with Crippen LogP contribution in [0.25, 0.3) is 0 Å². The van der Waals surface area contributed by atoms with E-state index in [9.17, 15) is 4.79 Å². The van der Waals surface area contributed by atoms with Gasteiger partial charge in [0, 0.05) is 31.3 Å². The van der Waals surface area contributed by atoms with Crippen LogP contribution in [0.1, 0.15) is 47.3 Å². The van der Waals surface area contributed by atoms with Crippen molar-refractivity contribution in [3.8, 4) is 23.0 Å². The maximum absolute atomic E-state index is 13.6. The number of carbonyl (C=O) groups excluding carboxylic acids is 1. The molecule has 2 fully saturated rings. The molecule has 1 amide bonds. The summed E-state index contributed by atoms with van der Waals surface area (Å²) in [4.78, 5) is 18.1. The van der Waals surface area contributed by atoms with Crippen LogP contribution in [0.3, 0.4) is 0 Å². The van der Waals surface area contributed by atoms with Gasteiger partial charge in [-0.2, -0.15) is 0 Å². The highest BCUT2D eigenvalue weighted by Crippen LogP contribution is 2.43. The van der Waals surface area contributed by atoms with E-state index in [0.29, 0.717) is 41.3 Å². The van der Waals surface area contributed by atoms with Crippen LogP contribution < -0.4 is 18.9 Å². The molecule has 0 aliphatic carbocycles. The van der Waals surface area contributed by atoms with E-state index in [2.05, 4.69) is 21.3 Å². The van der Waals surface area contributed by atoms with Crippen molar-refractivity contribution in [1.82, 2.24) is 24.8 Å². The van der Waals surface area contributed by atoms with Crippen molar-refractivity contribution in [2.75, 3.05) is 47.0 Å². The minimum absolute atomic E-state index is 0.0153. The van der Waals surface area contributed by atoms with Gasteiger partial charge >= 0.3 is 0 Å². The van der Waals surface area contributed by atoms with Gasteiger partial charge in [0.05, 0.1) is 32.5 Å². The number of rotatable bonds is 2. The second kappa shape index (κ2) is 11.4. The maximum atomic E-state index is 13.6. The Hall–Kier alpha value is -3.79. The van der Waals surface area contributed by atoms with Gasteiger partial charge < -0.3 is 23.8 Å². The SMILES string of the molecule is COc1ccc2c(c1)OCCn1cc(nn1)COc1c(cccc1OC)CN1CCC3(CC1)CCN(CC3)C2=O. The van der Waals surface area contributed by atoms with Gasteiger partial charge in [-0.15, -0.1) is 5.10 Å². The van der Waals surface area contributed by atoms with E-state index in [-0.39, 0.29) is 12.5 Å². The predicted octanol–water partition coefficient (Wildman–Crippen LogP) is 3.79. The Kier molecular flexibility index (Phi) is 7.51. The predicted molar refractivity (Wildman–Crippen MR) is 148 cm³/mol. The van der Waals surface area contributed by atoms with E-state index in [1.807, 2.05) is 35.4 Å². The van der Waals surface area contributed by atoms with E-state index in [0.717, 1.165) is 75.5 Å². The van der Waals surface area contributed by atoms with E-state index < -0.39 is 0 Å². The summed E-state index contributed by atoms with van der Waals surface area (Å²) in [6, 6.07) is 11.5. The summed E-state index contributed by atoms with van der Waals surface area (Å²) in [7, 11) is 3.28. The summed E-state index contributed by atoms with van der Waals surface area (Å²) in [5.74, 6) is 2.66. The Balaban J connectivity index is 1.28. The molecule has 0 saturated carbocycles. The Morgan fingerprint density at radius 2 is 1.73 bits per heavy atom. The summed E-state index contributed by atoms with van der Waals surface area (Å²) < 4.78 is 25.2. The first-order valence-corrected chi connectivity index (χ1v) is 14.1. The molecule has 10 nitrogen and oxygen atoms in total. The number of para-hydroxylation sites is 1. The summed E-state index contributed by atoms with van der Waals surface area (Å²) in [5.41, 5.74) is 2.68. The number of fused-ring (bicyclic) bond motifs is 2. The second-order valence-corrected chi connectivity index (χ2v) is 11.0. The molecule has 3 aromatic rings. The first-order valence-electron chi connectivity index (χ1n) is 14.1. The molecule has 2 saturated heterocycles. The van der Waals surface area contributed by atoms with Crippen LogP contribution in [0.2, 0.25) is 0 Å². The van der Waals surface area contributed by atoms with Crippen molar-refractivity contribution in [2.45, 2.75) is 45.4 Å². The van der Waals surface area contributed by atoms with Crippen molar-refractivity contribution in [1.29, 1.82) is 0 Å². The minimum atomic E-state index is 0.0153. The van der Waals surface area contributed by atoms with E-state index in [1.165, 1.54) is 0 Å². The van der Waals surface area contributed by atoms with Crippen molar-refractivity contribution in [2.24, 2.45) is 5.41 Å². The van der Waals surface area contributed by atoms with E-state index in [1.54, 1.807) is 25.0 Å². The highest BCUT2D eigenvalue weighted by atomic mass is 16.5. The third-order valence-electron chi connectivity index (χ3n) is 8.65. The van der Waals surface area contributed by atoms with Crippen LogP contribution in [0.15, 0.2) is 42.6 Å². The van der Waals surface area contributed by atoms with Gasteiger partial charge in [0.25, 0.3) is 5.91 Å². The number of ether oxygens (including phenoxy) is 4. The normalized spacial score (nSPS) is 23.3. The van der Waals surface area contributed by atoms with Crippen LogP contribution >= 0.6 is 0 Å². The fourth-order valence-electron chi connectivity index (χ4n) is 6.13. The summed E-state index contributed by atoms with van der Waals surface area (Å²) in [5, 5.41) is 8.53. The summed E-state index contributed by atoms with van der Waals surface area (Å²) >= 11 is 0. The van der Waals surface area contributed by atoms with Crippen LogP contribution in [0.4, 0.5) is 0 Å². The molecule has 212 valence electrons. The molecule has 0 radical (unpaired) electrons. The summed E-state index contributed by atoms with van der Waals surface area (Å²) in [6.07, 6.45) is 6.18. The Morgan fingerprint density at radius 3 is 2.50 bits per heavy atom. The third-order valence-corrected chi connectivity index (χ3v) is 8.65. The molecule has 1 aromatic heterocycles.